The van der Waals surface area contributed by atoms with Crippen LogP contribution in [0.3, 0.4) is 0 Å². The molecule has 0 spiro atoms. The molecule has 3 aromatic rings. The van der Waals surface area contributed by atoms with E-state index < -0.39 is 0 Å². The molecule has 0 amide bonds. The van der Waals surface area contributed by atoms with E-state index in [1.807, 2.05) is 31.3 Å². The fourth-order valence-corrected chi connectivity index (χ4v) is 3.72. The van der Waals surface area contributed by atoms with Crippen molar-refractivity contribution in [1.82, 2.24) is 29.5 Å². The molecule has 4 rings (SSSR count). The number of fused-ring (bicyclic) bond motifs is 1. The van der Waals surface area contributed by atoms with Crippen LogP contribution in [0.15, 0.2) is 24.3 Å². The topological polar surface area (TPSA) is 88.6 Å². The maximum absolute atomic E-state index is 6.31. The van der Waals surface area contributed by atoms with Crippen molar-refractivity contribution in [3.63, 3.8) is 0 Å². The van der Waals surface area contributed by atoms with Crippen molar-refractivity contribution in [1.29, 1.82) is 0 Å². The fraction of sp³-hybridized carbons (Fsp3) is 0.476. The maximum atomic E-state index is 6.31. The van der Waals surface area contributed by atoms with Gasteiger partial charge in [0.05, 0.1) is 18.2 Å². The highest BCUT2D eigenvalue weighted by atomic mass is 16.5. The number of aromatic nitrogens is 4. The number of piperazine rings is 1. The van der Waals surface area contributed by atoms with E-state index in [1.54, 1.807) is 11.8 Å². The highest BCUT2D eigenvalue weighted by molar-refractivity contribution is 5.98. The van der Waals surface area contributed by atoms with Crippen LogP contribution < -0.4 is 15.4 Å². The molecule has 1 fully saturated rings. The van der Waals surface area contributed by atoms with Gasteiger partial charge < -0.3 is 20.3 Å². The molecule has 0 saturated carbocycles. The minimum Gasteiger partial charge on any atom is -0.497 e. The Morgan fingerprint density at radius 3 is 2.40 bits per heavy atom. The third-order valence-electron chi connectivity index (χ3n) is 5.61. The third-order valence-corrected chi connectivity index (χ3v) is 5.61. The van der Waals surface area contributed by atoms with Crippen LogP contribution in [0.2, 0.25) is 0 Å². The summed E-state index contributed by atoms with van der Waals surface area (Å²) in [7, 11) is 7.71. The van der Waals surface area contributed by atoms with E-state index in [0.29, 0.717) is 17.4 Å². The zero-order chi connectivity index (χ0) is 21.3. The second-order valence-electron chi connectivity index (χ2n) is 7.94. The maximum Gasteiger partial charge on any atom is 0.228 e. The Kier molecular flexibility index (Phi) is 5.74. The van der Waals surface area contributed by atoms with Crippen LogP contribution >= 0.6 is 0 Å². The number of aryl methyl sites for hydroxylation is 1. The molecule has 2 N–H and O–H groups in total. The first-order chi connectivity index (χ1) is 14.5. The van der Waals surface area contributed by atoms with Crippen molar-refractivity contribution in [3.05, 3.63) is 24.3 Å². The number of rotatable bonds is 6. The lowest BCUT2D eigenvalue weighted by Gasteiger charge is -2.35. The summed E-state index contributed by atoms with van der Waals surface area (Å²) < 4.78 is 6.96. The zero-order valence-electron chi connectivity index (χ0n) is 18.2. The van der Waals surface area contributed by atoms with Crippen LogP contribution in [0.5, 0.6) is 5.75 Å². The molecular formula is C21H30N8O. The summed E-state index contributed by atoms with van der Waals surface area (Å²) in [5.41, 5.74) is 8.70. The predicted octanol–water partition coefficient (Wildman–Crippen LogP) is 1.30. The van der Waals surface area contributed by atoms with Crippen LogP contribution in [0.4, 0.5) is 11.8 Å². The summed E-state index contributed by atoms with van der Waals surface area (Å²) in [6.45, 7) is 5.92. The predicted molar refractivity (Wildman–Crippen MR) is 120 cm³/mol. The number of anilines is 2. The van der Waals surface area contributed by atoms with Crippen LogP contribution in [-0.4, -0.2) is 90.0 Å². The van der Waals surface area contributed by atoms with Gasteiger partial charge in [-0.2, -0.15) is 10.1 Å². The summed E-state index contributed by atoms with van der Waals surface area (Å²) >= 11 is 0. The molecule has 0 bridgehead atoms. The van der Waals surface area contributed by atoms with Crippen molar-refractivity contribution in [2.45, 2.75) is 0 Å². The van der Waals surface area contributed by atoms with E-state index in [1.165, 1.54) is 0 Å². The molecule has 160 valence electrons. The molecule has 1 aliphatic rings. The number of nitrogens with zero attached hydrogens (tertiary/aromatic N) is 7. The van der Waals surface area contributed by atoms with Gasteiger partial charge in [0.15, 0.2) is 5.65 Å². The normalized spacial score (nSPS) is 15.3. The van der Waals surface area contributed by atoms with Crippen molar-refractivity contribution in [3.8, 4) is 17.0 Å². The molecule has 1 aliphatic heterocycles. The molecule has 0 radical (unpaired) electrons. The number of nitrogens with two attached hydrogens (primary N) is 1. The van der Waals surface area contributed by atoms with Gasteiger partial charge in [0.25, 0.3) is 0 Å². The minimum atomic E-state index is 0.566. The van der Waals surface area contributed by atoms with Gasteiger partial charge in [0, 0.05) is 51.9 Å². The SMILES string of the molecule is COc1ccc(-c2nc(N3CCN(CCN(C)C)CC3)nc3nn(C)c(N)c23)cc1. The van der Waals surface area contributed by atoms with E-state index in [0.717, 1.165) is 61.7 Å². The van der Waals surface area contributed by atoms with Crippen molar-refractivity contribution in [2.24, 2.45) is 7.05 Å². The molecule has 9 nitrogen and oxygen atoms in total. The average Bonchev–Trinajstić information content (AvgIpc) is 3.05. The van der Waals surface area contributed by atoms with Crippen LogP contribution in [0.25, 0.3) is 22.3 Å². The number of methoxy groups -OCH3 is 1. The Hall–Kier alpha value is -2.91. The first-order valence-corrected chi connectivity index (χ1v) is 10.2. The number of likely N-dealkylation sites (N-methyl/N-ethyl adjacent to an activating group) is 1. The number of benzene rings is 1. The molecule has 0 aliphatic carbocycles. The molecule has 1 saturated heterocycles. The van der Waals surface area contributed by atoms with Crippen molar-refractivity contribution < 1.29 is 4.74 Å². The summed E-state index contributed by atoms with van der Waals surface area (Å²) in [4.78, 5) is 16.6. The zero-order valence-corrected chi connectivity index (χ0v) is 18.2. The molecular weight excluding hydrogens is 380 g/mol. The van der Waals surface area contributed by atoms with E-state index in [9.17, 15) is 0 Å². The fourth-order valence-electron chi connectivity index (χ4n) is 3.72. The number of hydrogen-bond acceptors (Lipinski definition) is 8. The number of hydrogen-bond donors (Lipinski definition) is 1. The summed E-state index contributed by atoms with van der Waals surface area (Å²) in [6.07, 6.45) is 0. The van der Waals surface area contributed by atoms with E-state index in [2.05, 4.69) is 33.9 Å². The highest BCUT2D eigenvalue weighted by Crippen LogP contribution is 2.32. The Balaban J connectivity index is 1.65. The molecule has 30 heavy (non-hydrogen) atoms. The highest BCUT2D eigenvalue weighted by Gasteiger charge is 2.23. The minimum absolute atomic E-state index is 0.566. The first kappa shape index (κ1) is 20.4. The van der Waals surface area contributed by atoms with Gasteiger partial charge in [0.2, 0.25) is 5.95 Å². The second-order valence-corrected chi connectivity index (χ2v) is 7.94. The van der Waals surface area contributed by atoms with Crippen LogP contribution in [-0.2, 0) is 7.05 Å². The molecule has 1 aromatic carbocycles. The molecule has 0 unspecified atom stereocenters. The van der Waals surface area contributed by atoms with Gasteiger partial charge in [-0.05, 0) is 38.4 Å². The van der Waals surface area contributed by atoms with E-state index in [-0.39, 0.29) is 0 Å². The van der Waals surface area contributed by atoms with Gasteiger partial charge in [-0.25, -0.2) is 4.98 Å². The van der Waals surface area contributed by atoms with Gasteiger partial charge in [-0.3, -0.25) is 9.58 Å². The summed E-state index contributed by atoms with van der Waals surface area (Å²) in [5, 5.41) is 5.31. The molecule has 3 heterocycles. The van der Waals surface area contributed by atoms with Crippen LogP contribution in [0.1, 0.15) is 0 Å². The van der Waals surface area contributed by atoms with Crippen molar-refractivity contribution in [2.75, 3.05) is 71.1 Å². The van der Waals surface area contributed by atoms with Crippen molar-refractivity contribution >= 4 is 22.8 Å². The Morgan fingerprint density at radius 1 is 1.07 bits per heavy atom. The van der Waals surface area contributed by atoms with Crippen LogP contribution in [0, 0.1) is 0 Å². The average molecular weight is 411 g/mol. The Labute approximate surface area is 177 Å². The monoisotopic (exact) mass is 410 g/mol. The quantitative estimate of drug-likeness (QED) is 0.651. The van der Waals surface area contributed by atoms with Gasteiger partial charge >= 0.3 is 0 Å². The smallest absolute Gasteiger partial charge is 0.228 e. The van der Waals surface area contributed by atoms with E-state index >= 15 is 0 Å². The number of nitrogen functional groups attached to an aromatic ring is 1. The lowest BCUT2D eigenvalue weighted by atomic mass is 10.1. The molecule has 2 aromatic heterocycles. The Morgan fingerprint density at radius 2 is 1.77 bits per heavy atom. The standard InChI is InChI=1S/C21H30N8O/c1-26(2)9-10-28-11-13-29(14-12-28)21-23-18(15-5-7-16(30-4)8-6-15)17-19(22)27(3)25-20(17)24-21/h5-8H,9-14,22H2,1-4H3. The first-order valence-electron chi connectivity index (χ1n) is 10.2. The van der Waals surface area contributed by atoms with Gasteiger partial charge in [-0.1, -0.05) is 0 Å². The second kappa shape index (κ2) is 8.45. The van der Waals surface area contributed by atoms with E-state index in [4.69, 9.17) is 20.4 Å². The molecule has 0 atom stereocenters. The van der Waals surface area contributed by atoms with Gasteiger partial charge in [0.1, 0.15) is 11.6 Å². The summed E-state index contributed by atoms with van der Waals surface area (Å²) in [6, 6.07) is 7.85. The lowest BCUT2D eigenvalue weighted by Crippen LogP contribution is -2.48. The Bertz CT molecular complexity index is 1010. The third kappa shape index (κ3) is 4.03. The summed E-state index contributed by atoms with van der Waals surface area (Å²) in [5.74, 6) is 2.08. The largest absolute Gasteiger partial charge is 0.497 e. The molecule has 9 heteroatoms. The number of ether oxygens (including phenoxy) is 1. The lowest BCUT2D eigenvalue weighted by molar-refractivity contribution is 0.229. The van der Waals surface area contributed by atoms with Gasteiger partial charge in [-0.15, -0.1) is 0 Å².